The SMILES string of the molecule is CCCC(CN)C(=O)N(C)CC(F)(F)F. The molecule has 0 heterocycles. The fraction of sp³-hybridized carbons (Fsp3) is 0.889. The van der Waals surface area contributed by atoms with E-state index in [2.05, 4.69) is 0 Å². The van der Waals surface area contributed by atoms with E-state index in [9.17, 15) is 18.0 Å². The van der Waals surface area contributed by atoms with Crippen LogP contribution < -0.4 is 5.73 Å². The Balaban J connectivity index is 4.28. The third-order valence-electron chi connectivity index (χ3n) is 2.06. The van der Waals surface area contributed by atoms with Crippen LogP contribution in [0.15, 0.2) is 0 Å². The van der Waals surface area contributed by atoms with Crippen molar-refractivity contribution in [3.8, 4) is 0 Å². The molecule has 6 heteroatoms. The highest BCUT2D eigenvalue weighted by Crippen LogP contribution is 2.17. The first-order valence-corrected chi connectivity index (χ1v) is 4.83. The molecule has 0 aliphatic carbocycles. The summed E-state index contributed by atoms with van der Waals surface area (Å²) in [7, 11) is 1.15. The molecule has 1 atom stereocenters. The number of nitrogens with zero attached hydrogens (tertiary/aromatic N) is 1. The zero-order chi connectivity index (χ0) is 12.1. The number of nitrogens with two attached hydrogens (primary N) is 1. The molecule has 15 heavy (non-hydrogen) atoms. The lowest BCUT2D eigenvalue weighted by atomic mass is 10.0. The molecule has 90 valence electrons. The monoisotopic (exact) mass is 226 g/mol. The third-order valence-corrected chi connectivity index (χ3v) is 2.06. The van der Waals surface area contributed by atoms with Crippen LogP contribution in [0.3, 0.4) is 0 Å². The first-order valence-electron chi connectivity index (χ1n) is 4.83. The van der Waals surface area contributed by atoms with Crippen LogP contribution in [0.5, 0.6) is 0 Å². The van der Waals surface area contributed by atoms with Gasteiger partial charge in [0, 0.05) is 13.6 Å². The number of carbonyl (C=O) groups is 1. The zero-order valence-electron chi connectivity index (χ0n) is 8.97. The largest absolute Gasteiger partial charge is 0.406 e. The van der Waals surface area contributed by atoms with Gasteiger partial charge in [-0.05, 0) is 6.42 Å². The summed E-state index contributed by atoms with van der Waals surface area (Å²) in [4.78, 5) is 12.2. The highest BCUT2D eigenvalue weighted by atomic mass is 19.4. The second-order valence-electron chi connectivity index (χ2n) is 3.53. The molecule has 0 rings (SSSR count). The molecule has 0 aromatic heterocycles. The van der Waals surface area contributed by atoms with Crippen LogP contribution in [0.25, 0.3) is 0 Å². The number of hydrogen-bond acceptors (Lipinski definition) is 2. The van der Waals surface area contributed by atoms with Gasteiger partial charge in [0.1, 0.15) is 6.54 Å². The van der Waals surface area contributed by atoms with Crippen molar-refractivity contribution in [2.24, 2.45) is 11.7 Å². The van der Waals surface area contributed by atoms with Gasteiger partial charge in [0.25, 0.3) is 0 Å². The molecule has 0 aromatic carbocycles. The van der Waals surface area contributed by atoms with Crippen molar-refractivity contribution in [3.05, 3.63) is 0 Å². The van der Waals surface area contributed by atoms with Gasteiger partial charge in [-0.2, -0.15) is 13.2 Å². The van der Waals surface area contributed by atoms with Crippen molar-refractivity contribution in [1.29, 1.82) is 0 Å². The van der Waals surface area contributed by atoms with Crippen LogP contribution in [-0.2, 0) is 4.79 Å². The van der Waals surface area contributed by atoms with Gasteiger partial charge in [0.15, 0.2) is 0 Å². The van der Waals surface area contributed by atoms with Gasteiger partial charge in [0.05, 0.1) is 5.92 Å². The highest BCUT2D eigenvalue weighted by molar-refractivity contribution is 5.78. The maximum absolute atomic E-state index is 12.0. The van der Waals surface area contributed by atoms with Crippen molar-refractivity contribution in [2.75, 3.05) is 20.1 Å². The minimum Gasteiger partial charge on any atom is -0.336 e. The molecule has 1 amide bonds. The summed E-state index contributed by atoms with van der Waals surface area (Å²) in [5.41, 5.74) is 5.33. The Morgan fingerprint density at radius 1 is 1.47 bits per heavy atom. The Bertz CT molecular complexity index is 206. The number of alkyl halides is 3. The predicted octanol–water partition coefficient (Wildman–Crippen LogP) is 1.38. The van der Waals surface area contributed by atoms with Gasteiger partial charge in [-0.15, -0.1) is 0 Å². The average Bonchev–Trinajstić information content (AvgIpc) is 2.10. The third kappa shape index (κ3) is 5.61. The molecule has 0 fully saturated rings. The maximum Gasteiger partial charge on any atom is 0.406 e. The van der Waals surface area contributed by atoms with E-state index < -0.39 is 24.5 Å². The van der Waals surface area contributed by atoms with E-state index in [-0.39, 0.29) is 6.54 Å². The van der Waals surface area contributed by atoms with E-state index in [1.54, 1.807) is 0 Å². The molecule has 0 aliphatic rings. The molecule has 0 saturated heterocycles. The lowest BCUT2D eigenvalue weighted by molar-refractivity contribution is -0.160. The normalized spacial score (nSPS) is 13.7. The molecule has 1 unspecified atom stereocenters. The van der Waals surface area contributed by atoms with Crippen LogP contribution in [0, 0.1) is 5.92 Å². The number of rotatable bonds is 5. The number of carbonyl (C=O) groups excluding carboxylic acids is 1. The lowest BCUT2D eigenvalue weighted by Gasteiger charge is -2.23. The molecular weight excluding hydrogens is 209 g/mol. The Hall–Kier alpha value is -0.780. The standard InChI is InChI=1S/C9H17F3N2O/c1-3-4-7(5-13)8(15)14(2)6-9(10,11)12/h7H,3-6,13H2,1-2H3. The molecular formula is C9H17F3N2O. The number of halogens is 3. The molecule has 3 nitrogen and oxygen atoms in total. The molecule has 0 spiro atoms. The van der Waals surface area contributed by atoms with E-state index in [0.717, 1.165) is 13.5 Å². The van der Waals surface area contributed by atoms with E-state index in [4.69, 9.17) is 5.73 Å². The quantitative estimate of drug-likeness (QED) is 0.769. The van der Waals surface area contributed by atoms with Crippen LogP contribution in [0.1, 0.15) is 19.8 Å². The summed E-state index contributed by atoms with van der Waals surface area (Å²) in [5.74, 6) is -1.03. The van der Waals surface area contributed by atoms with Gasteiger partial charge in [-0.25, -0.2) is 0 Å². The topological polar surface area (TPSA) is 46.3 Å². The summed E-state index contributed by atoms with van der Waals surface area (Å²) < 4.78 is 36.0. The molecule has 0 radical (unpaired) electrons. The van der Waals surface area contributed by atoms with E-state index in [0.29, 0.717) is 11.3 Å². The van der Waals surface area contributed by atoms with Crippen molar-refractivity contribution >= 4 is 5.91 Å². The molecule has 0 aliphatic heterocycles. The summed E-state index contributed by atoms with van der Waals surface area (Å²) in [6.07, 6.45) is -3.10. The second-order valence-corrected chi connectivity index (χ2v) is 3.53. The Morgan fingerprint density at radius 2 is 2.00 bits per heavy atom. The fourth-order valence-electron chi connectivity index (χ4n) is 1.35. The molecule has 2 N–H and O–H groups in total. The van der Waals surface area contributed by atoms with Crippen LogP contribution >= 0.6 is 0 Å². The summed E-state index contributed by atoms with van der Waals surface area (Å²) in [6.45, 7) is 0.737. The Kier molecular flexibility index (Phi) is 5.64. The van der Waals surface area contributed by atoms with Crippen LogP contribution in [0.4, 0.5) is 13.2 Å². The average molecular weight is 226 g/mol. The second kappa shape index (κ2) is 5.95. The maximum atomic E-state index is 12.0. The Morgan fingerprint density at radius 3 is 2.33 bits per heavy atom. The van der Waals surface area contributed by atoms with E-state index in [1.165, 1.54) is 0 Å². The Labute approximate surface area is 87.4 Å². The summed E-state index contributed by atoms with van der Waals surface area (Å²) in [6, 6.07) is 0. The molecule has 0 saturated carbocycles. The highest BCUT2D eigenvalue weighted by Gasteiger charge is 2.32. The van der Waals surface area contributed by atoms with Crippen molar-refractivity contribution < 1.29 is 18.0 Å². The van der Waals surface area contributed by atoms with Gasteiger partial charge in [-0.1, -0.05) is 13.3 Å². The first-order chi connectivity index (χ1) is 6.81. The van der Waals surface area contributed by atoms with Crippen LogP contribution in [0.2, 0.25) is 0 Å². The summed E-state index contributed by atoms with van der Waals surface area (Å²) >= 11 is 0. The van der Waals surface area contributed by atoms with Crippen molar-refractivity contribution in [1.82, 2.24) is 4.90 Å². The minimum absolute atomic E-state index is 0.0921. The minimum atomic E-state index is -4.35. The van der Waals surface area contributed by atoms with Gasteiger partial charge < -0.3 is 10.6 Å². The summed E-state index contributed by atoms with van der Waals surface area (Å²) in [5, 5.41) is 0. The zero-order valence-corrected chi connectivity index (χ0v) is 8.97. The number of amides is 1. The van der Waals surface area contributed by atoms with Crippen molar-refractivity contribution in [2.45, 2.75) is 25.9 Å². The molecule has 0 bridgehead atoms. The van der Waals surface area contributed by atoms with E-state index in [1.807, 2.05) is 6.92 Å². The van der Waals surface area contributed by atoms with Gasteiger partial charge in [-0.3, -0.25) is 4.79 Å². The lowest BCUT2D eigenvalue weighted by Crippen LogP contribution is -2.41. The van der Waals surface area contributed by atoms with E-state index >= 15 is 0 Å². The number of hydrogen-bond donors (Lipinski definition) is 1. The predicted molar refractivity (Wildman–Crippen MR) is 51.1 cm³/mol. The van der Waals surface area contributed by atoms with Gasteiger partial charge >= 0.3 is 6.18 Å². The fourth-order valence-corrected chi connectivity index (χ4v) is 1.35. The first kappa shape index (κ1) is 14.2. The van der Waals surface area contributed by atoms with Crippen LogP contribution in [-0.4, -0.2) is 37.1 Å². The van der Waals surface area contributed by atoms with Crippen molar-refractivity contribution in [3.63, 3.8) is 0 Å². The van der Waals surface area contributed by atoms with Gasteiger partial charge in [0.2, 0.25) is 5.91 Å². The smallest absolute Gasteiger partial charge is 0.336 e. The molecule has 0 aromatic rings.